The van der Waals surface area contributed by atoms with Crippen LogP contribution in [0.4, 0.5) is 0 Å². The molecule has 2 heterocycles. The summed E-state index contributed by atoms with van der Waals surface area (Å²) in [6.45, 7) is 0.784. The van der Waals surface area contributed by atoms with Crippen LogP contribution in [0.25, 0.3) is 0 Å². The lowest BCUT2D eigenvalue weighted by atomic mass is 10.2. The zero-order chi connectivity index (χ0) is 27.0. The van der Waals surface area contributed by atoms with E-state index in [1.165, 1.54) is 25.3 Å². The number of rotatable bonds is 13. The molecule has 0 saturated carbocycles. The Bertz CT molecular complexity index is 1230. The summed E-state index contributed by atoms with van der Waals surface area (Å²) < 4.78 is 36.4. The number of hydrogen-bond donors (Lipinski definition) is 4. The predicted octanol–water partition coefficient (Wildman–Crippen LogP) is 0.775. The number of aliphatic carboxylic acids is 1. The first-order valence-electron chi connectivity index (χ1n) is 11.4. The molecule has 37 heavy (non-hydrogen) atoms. The molecule has 0 spiro atoms. The molecule has 0 bridgehead atoms. The molecule has 15 heteroatoms. The fraction of sp³-hybridized carbons (Fsp3) is 0.455. The monoisotopic (exact) mass is 541 g/mol. The van der Waals surface area contributed by atoms with Gasteiger partial charge in [0.1, 0.15) is 24.1 Å². The van der Waals surface area contributed by atoms with E-state index in [-0.39, 0.29) is 31.6 Å². The van der Waals surface area contributed by atoms with Crippen LogP contribution >= 0.6 is 7.75 Å². The first kappa shape index (κ1) is 28.3. The first-order chi connectivity index (χ1) is 17.6. The summed E-state index contributed by atoms with van der Waals surface area (Å²) in [5, 5.41) is 21.6. The van der Waals surface area contributed by atoms with Crippen molar-refractivity contribution in [3.63, 3.8) is 0 Å². The van der Waals surface area contributed by atoms with Gasteiger partial charge in [0.2, 0.25) is 0 Å². The van der Waals surface area contributed by atoms with Gasteiger partial charge in [-0.15, -0.1) is 0 Å². The number of nitrogens with zero attached hydrogens (tertiary/aromatic N) is 1. The summed E-state index contributed by atoms with van der Waals surface area (Å²) in [5.74, 6) is -1.66. The molecule has 1 fully saturated rings. The maximum Gasteiger partial charge on any atom is 0.459 e. The van der Waals surface area contributed by atoms with Crippen LogP contribution in [0.2, 0.25) is 0 Å². The molecule has 1 aliphatic rings. The number of aromatic amines is 1. The molecule has 1 saturated heterocycles. The molecule has 0 unspecified atom stereocenters. The summed E-state index contributed by atoms with van der Waals surface area (Å²) in [7, 11) is -4.24. The van der Waals surface area contributed by atoms with Gasteiger partial charge in [-0.2, -0.15) is 5.09 Å². The number of aliphatic hydroxyl groups is 1. The minimum absolute atomic E-state index is 0.00365. The molecule has 2 aromatic rings. The summed E-state index contributed by atoms with van der Waals surface area (Å²) in [5.41, 5.74) is -1.30. The molecule has 1 aromatic carbocycles. The Morgan fingerprint density at radius 3 is 2.68 bits per heavy atom. The van der Waals surface area contributed by atoms with E-state index in [0.717, 1.165) is 10.6 Å². The number of carbonyl (C=O) groups excluding carboxylic acids is 1. The normalized spacial score (nSPS) is 21.6. The molecule has 4 N–H and O–H groups in total. The number of carboxylic acids is 1. The van der Waals surface area contributed by atoms with Crippen molar-refractivity contribution in [3.05, 3.63) is 63.4 Å². The van der Waals surface area contributed by atoms with Gasteiger partial charge in [0, 0.05) is 25.1 Å². The van der Waals surface area contributed by atoms with Crippen LogP contribution < -0.4 is 20.9 Å². The van der Waals surface area contributed by atoms with Gasteiger partial charge in [0.05, 0.1) is 19.3 Å². The van der Waals surface area contributed by atoms with E-state index >= 15 is 0 Å². The highest BCUT2D eigenvalue weighted by Gasteiger charge is 2.39. The van der Waals surface area contributed by atoms with Crippen molar-refractivity contribution in [2.24, 2.45) is 0 Å². The number of hydrogen-bond acceptors (Lipinski definition) is 10. The highest BCUT2D eigenvalue weighted by Crippen LogP contribution is 2.45. The van der Waals surface area contributed by atoms with Gasteiger partial charge >= 0.3 is 25.4 Å². The standard InChI is InChI=1S/C22H28N3O11P/c1-14(21(30)33-11-5-8-20(28)29)24-37(32,36-15-6-3-2-4-7-15)34-13-17-16(26)12-19(35-17)25-10-9-18(27)23-22(25)31/h2-4,6-7,9-10,14,16-17,19,26H,5,8,11-13H2,1H3,(H,24,32)(H,28,29)(H,23,27,31)/t14-,16-,17+,19+,37-/m0/s1. The second-order valence-corrected chi connectivity index (χ2v) is 9.86. The quantitative estimate of drug-likeness (QED) is 0.158. The average Bonchev–Trinajstić information content (AvgIpc) is 3.21. The van der Waals surface area contributed by atoms with E-state index in [2.05, 4.69) is 10.1 Å². The van der Waals surface area contributed by atoms with Gasteiger partial charge in [0.25, 0.3) is 5.56 Å². The Morgan fingerprint density at radius 1 is 1.27 bits per heavy atom. The van der Waals surface area contributed by atoms with E-state index < -0.39 is 62.0 Å². The van der Waals surface area contributed by atoms with E-state index in [1.807, 2.05) is 0 Å². The van der Waals surface area contributed by atoms with Crippen molar-refractivity contribution in [1.29, 1.82) is 0 Å². The fourth-order valence-electron chi connectivity index (χ4n) is 3.38. The molecule has 14 nitrogen and oxygen atoms in total. The lowest BCUT2D eigenvalue weighted by Gasteiger charge is -2.24. The summed E-state index contributed by atoms with van der Waals surface area (Å²) >= 11 is 0. The number of esters is 1. The van der Waals surface area contributed by atoms with Crippen molar-refractivity contribution in [1.82, 2.24) is 14.6 Å². The Balaban J connectivity index is 1.66. The van der Waals surface area contributed by atoms with Gasteiger partial charge in [-0.05, 0) is 25.5 Å². The number of carbonyl (C=O) groups is 2. The van der Waals surface area contributed by atoms with Crippen LogP contribution in [0.1, 0.15) is 32.4 Å². The summed E-state index contributed by atoms with van der Waals surface area (Å²) in [6, 6.07) is 7.99. The van der Waals surface area contributed by atoms with Gasteiger partial charge in [-0.25, -0.2) is 9.36 Å². The second-order valence-electron chi connectivity index (χ2n) is 8.16. The molecule has 5 atom stereocenters. The Kier molecular flexibility index (Phi) is 9.78. The largest absolute Gasteiger partial charge is 0.481 e. The fourth-order valence-corrected chi connectivity index (χ4v) is 4.88. The van der Waals surface area contributed by atoms with Gasteiger partial charge in [-0.1, -0.05) is 18.2 Å². The zero-order valence-corrected chi connectivity index (χ0v) is 20.7. The number of H-pyrrole nitrogens is 1. The maximum absolute atomic E-state index is 13.6. The van der Waals surface area contributed by atoms with Gasteiger partial charge in [0.15, 0.2) is 0 Å². The maximum atomic E-state index is 13.6. The predicted molar refractivity (Wildman–Crippen MR) is 127 cm³/mol. The van der Waals surface area contributed by atoms with Crippen molar-refractivity contribution >= 4 is 19.7 Å². The minimum Gasteiger partial charge on any atom is -0.481 e. The molecule has 202 valence electrons. The summed E-state index contributed by atoms with van der Waals surface area (Å²) in [4.78, 5) is 48.3. The first-order valence-corrected chi connectivity index (χ1v) is 12.9. The van der Waals surface area contributed by atoms with Crippen LogP contribution in [0.3, 0.4) is 0 Å². The van der Waals surface area contributed by atoms with Crippen LogP contribution in [0, 0.1) is 0 Å². The number of para-hydroxylation sites is 1. The van der Waals surface area contributed by atoms with Gasteiger partial charge < -0.3 is 24.2 Å². The third-order valence-corrected chi connectivity index (χ3v) is 6.87. The van der Waals surface area contributed by atoms with E-state index in [1.54, 1.807) is 18.2 Å². The van der Waals surface area contributed by atoms with Crippen LogP contribution in [0.5, 0.6) is 5.75 Å². The molecule has 3 rings (SSSR count). The molecule has 0 radical (unpaired) electrons. The van der Waals surface area contributed by atoms with Crippen molar-refractivity contribution in [2.45, 2.75) is 50.7 Å². The second kappa shape index (κ2) is 12.8. The van der Waals surface area contributed by atoms with Gasteiger partial charge in [-0.3, -0.25) is 28.5 Å². The van der Waals surface area contributed by atoms with Crippen LogP contribution in [-0.4, -0.2) is 63.2 Å². The zero-order valence-electron chi connectivity index (χ0n) is 19.8. The van der Waals surface area contributed by atoms with Crippen LogP contribution in [0.15, 0.2) is 52.2 Å². The number of ether oxygens (including phenoxy) is 2. The Labute approximate surface area is 210 Å². The third-order valence-electron chi connectivity index (χ3n) is 5.23. The number of nitrogens with one attached hydrogen (secondary N) is 2. The third kappa shape index (κ3) is 8.37. The SMILES string of the molecule is C[C@H](N[P@](=O)(OC[C@H]1O[C@@H](n2ccc(=O)[nH]c2=O)C[C@@H]1O)Oc1ccccc1)C(=O)OCCCC(=O)O. The van der Waals surface area contributed by atoms with Crippen molar-refractivity contribution in [3.8, 4) is 5.75 Å². The average molecular weight is 541 g/mol. The summed E-state index contributed by atoms with van der Waals surface area (Å²) in [6.07, 6.45) is -1.87. The lowest BCUT2D eigenvalue weighted by Crippen LogP contribution is -2.36. The highest BCUT2D eigenvalue weighted by molar-refractivity contribution is 7.52. The van der Waals surface area contributed by atoms with E-state index in [4.69, 9.17) is 23.6 Å². The van der Waals surface area contributed by atoms with Crippen molar-refractivity contribution in [2.75, 3.05) is 13.2 Å². The Morgan fingerprint density at radius 2 is 2.00 bits per heavy atom. The lowest BCUT2D eigenvalue weighted by molar-refractivity contribution is -0.146. The number of aliphatic hydroxyl groups excluding tert-OH is 1. The molecule has 1 aromatic heterocycles. The van der Waals surface area contributed by atoms with E-state index in [0.29, 0.717) is 0 Å². The van der Waals surface area contributed by atoms with E-state index in [9.17, 15) is 28.8 Å². The molecule has 0 aliphatic carbocycles. The number of carboxylic acid groups (broad SMARTS) is 1. The molecular weight excluding hydrogens is 513 g/mol. The molecule has 0 amide bonds. The number of benzene rings is 1. The van der Waals surface area contributed by atoms with Crippen molar-refractivity contribution < 1.29 is 42.9 Å². The smallest absolute Gasteiger partial charge is 0.459 e. The Hall–Kier alpha value is -3.29. The molecular formula is C22H28N3O11P. The van der Waals surface area contributed by atoms with Crippen LogP contribution in [-0.2, 0) is 28.2 Å². The topological polar surface area (TPSA) is 195 Å². The minimum atomic E-state index is -4.24. The highest BCUT2D eigenvalue weighted by atomic mass is 31.2. The molecule has 1 aliphatic heterocycles. The number of aromatic nitrogens is 2.